The first-order valence-corrected chi connectivity index (χ1v) is 8.48. The fourth-order valence-corrected chi connectivity index (χ4v) is 3.01. The minimum absolute atomic E-state index is 0.0747. The molecule has 0 aliphatic carbocycles. The Labute approximate surface area is 148 Å². The summed E-state index contributed by atoms with van der Waals surface area (Å²) in [6, 6.07) is 5.61. The van der Waals surface area contributed by atoms with E-state index in [4.69, 9.17) is 15.2 Å². The normalized spacial score (nSPS) is 20.5. The molecule has 6 heteroatoms. The molecule has 1 heterocycles. The van der Waals surface area contributed by atoms with Gasteiger partial charge in [-0.3, -0.25) is 9.59 Å². The second-order valence-corrected chi connectivity index (χ2v) is 6.27. The van der Waals surface area contributed by atoms with Gasteiger partial charge in [-0.15, -0.1) is 0 Å². The van der Waals surface area contributed by atoms with Gasteiger partial charge in [0.05, 0.1) is 13.0 Å². The first-order chi connectivity index (χ1) is 12.0. The van der Waals surface area contributed by atoms with Gasteiger partial charge in [0.2, 0.25) is 5.91 Å². The maximum absolute atomic E-state index is 12.5. The van der Waals surface area contributed by atoms with E-state index >= 15 is 0 Å². The third-order valence-corrected chi connectivity index (χ3v) is 4.50. The molecule has 25 heavy (non-hydrogen) atoms. The number of likely N-dealkylation sites (tertiary alicyclic amines) is 1. The van der Waals surface area contributed by atoms with Crippen LogP contribution in [0.15, 0.2) is 24.3 Å². The molecule has 2 N–H and O–H groups in total. The Morgan fingerprint density at radius 2 is 2.08 bits per heavy atom. The van der Waals surface area contributed by atoms with Crippen molar-refractivity contribution in [1.29, 1.82) is 0 Å². The molecule has 1 aromatic rings. The average molecular weight is 346 g/mol. The number of hydrogen-bond acceptors (Lipinski definition) is 4. The number of benzene rings is 1. The SMILES string of the molecule is CC=Cc1ccc(OCC(=O)N2CC(C(N)=O)CCC2C)c(OC)c1. The Hall–Kier alpha value is -2.50. The Bertz CT molecular complexity index is 657. The van der Waals surface area contributed by atoms with Crippen molar-refractivity contribution < 1.29 is 19.1 Å². The van der Waals surface area contributed by atoms with Gasteiger partial charge in [-0.2, -0.15) is 0 Å². The number of nitrogens with zero attached hydrogens (tertiary/aromatic N) is 1. The summed E-state index contributed by atoms with van der Waals surface area (Å²) in [5.41, 5.74) is 6.38. The van der Waals surface area contributed by atoms with Crippen molar-refractivity contribution in [2.45, 2.75) is 32.7 Å². The van der Waals surface area contributed by atoms with Crippen LogP contribution < -0.4 is 15.2 Å². The molecule has 1 aromatic carbocycles. The van der Waals surface area contributed by atoms with Crippen LogP contribution in [0, 0.1) is 5.92 Å². The van der Waals surface area contributed by atoms with Crippen LogP contribution in [0.5, 0.6) is 11.5 Å². The number of ether oxygens (including phenoxy) is 2. The minimum atomic E-state index is -0.355. The van der Waals surface area contributed by atoms with Gasteiger partial charge >= 0.3 is 0 Å². The molecule has 2 atom stereocenters. The number of carbonyl (C=O) groups is 2. The molecule has 0 radical (unpaired) electrons. The van der Waals surface area contributed by atoms with Crippen LogP contribution in [0.4, 0.5) is 0 Å². The summed E-state index contributed by atoms with van der Waals surface area (Å²) in [7, 11) is 1.56. The largest absolute Gasteiger partial charge is 0.493 e. The van der Waals surface area contributed by atoms with E-state index in [2.05, 4.69) is 0 Å². The van der Waals surface area contributed by atoms with Crippen LogP contribution in [-0.4, -0.2) is 43.0 Å². The molecule has 0 spiro atoms. The summed E-state index contributed by atoms with van der Waals surface area (Å²) in [6.07, 6.45) is 5.38. The topological polar surface area (TPSA) is 81.9 Å². The summed E-state index contributed by atoms with van der Waals surface area (Å²) in [5.74, 6) is 0.296. The molecule has 1 saturated heterocycles. The zero-order valence-electron chi connectivity index (χ0n) is 15.0. The smallest absolute Gasteiger partial charge is 0.260 e. The Balaban J connectivity index is 2.02. The fraction of sp³-hybridized carbons (Fsp3) is 0.474. The summed E-state index contributed by atoms with van der Waals surface area (Å²) < 4.78 is 11.0. The van der Waals surface area contributed by atoms with E-state index in [0.717, 1.165) is 18.4 Å². The lowest BCUT2D eigenvalue weighted by Gasteiger charge is -2.36. The number of carbonyl (C=O) groups excluding carboxylic acids is 2. The highest BCUT2D eigenvalue weighted by Gasteiger charge is 2.31. The first-order valence-electron chi connectivity index (χ1n) is 8.48. The molecule has 1 aliphatic rings. The number of amides is 2. The number of methoxy groups -OCH3 is 1. The number of allylic oxidation sites excluding steroid dienone is 1. The number of piperidine rings is 1. The summed E-state index contributed by atoms with van der Waals surface area (Å²) >= 11 is 0. The zero-order chi connectivity index (χ0) is 18.4. The summed E-state index contributed by atoms with van der Waals surface area (Å²) in [6.45, 7) is 4.17. The highest BCUT2D eigenvalue weighted by molar-refractivity contribution is 5.81. The van der Waals surface area contributed by atoms with Crippen molar-refractivity contribution in [3.8, 4) is 11.5 Å². The molecule has 1 aliphatic heterocycles. The molecule has 1 fully saturated rings. The molecular weight excluding hydrogens is 320 g/mol. The lowest BCUT2D eigenvalue weighted by molar-refractivity contribution is -0.139. The molecule has 2 unspecified atom stereocenters. The van der Waals surface area contributed by atoms with Gasteiger partial charge < -0.3 is 20.1 Å². The molecule has 0 bridgehead atoms. The van der Waals surface area contributed by atoms with Crippen molar-refractivity contribution in [2.75, 3.05) is 20.3 Å². The van der Waals surface area contributed by atoms with Crippen LogP contribution >= 0.6 is 0 Å². The second kappa shape index (κ2) is 8.55. The van der Waals surface area contributed by atoms with Crippen LogP contribution in [0.3, 0.4) is 0 Å². The van der Waals surface area contributed by atoms with Gasteiger partial charge in [-0.1, -0.05) is 18.2 Å². The molecule has 2 amide bonds. The van der Waals surface area contributed by atoms with Crippen LogP contribution in [0.25, 0.3) is 6.08 Å². The van der Waals surface area contributed by atoms with Crippen molar-refractivity contribution >= 4 is 17.9 Å². The lowest BCUT2D eigenvalue weighted by Crippen LogP contribution is -2.50. The molecule has 0 saturated carbocycles. The number of primary amides is 1. The predicted octanol–water partition coefficient (Wildman–Crippen LogP) is 2.22. The van der Waals surface area contributed by atoms with E-state index in [1.165, 1.54) is 0 Å². The van der Waals surface area contributed by atoms with E-state index in [-0.39, 0.29) is 30.4 Å². The highest BCUT2D eigenvalue weighted by atomic mass is 16.5. The van der Waals surface area contributed by atoms with Crippen LogP contribution in [-0.2, 0) is 9.59 Å². The Morgan fingerprint density at radius 1 is 1.32 bits per heavy atom. The molecular formula is C19H26N2O4. The van der Waals surface area contributed by atoms with Gasteiger partial charge in [-0.25, -0.2) is 0 Å². The third-order valence-electron chi connectivity index (χ3n) is 4.50. The van der Waals surface area contributed by atoms with Crippen molar-refractivity contribution in [1.82, 2.24) is 4.90 Å². The molecule has 2 rings (SSSR count). The van der Waals surface area contributed by atoms with Gasteiger partial charge in [0.1, 0.15) is 0 Å². The van der Waals surface area contributed by atoms with Gasteiger partial charge in [0.15, 0.2) is 18.1 Å². The quantitative estimate of drug-likeness (QED) is 0.856. The van der Waals surface area contributed by atoms with Crippen LogP contribution in [0.2, 0.25) is 0 Å². The average Bonchev–Trinajstić information content (AvgIpc) is 2.60. The van der Waals surface area contributed by atoms with E-state index in [1.54, 1.807) is 18.1 Å². The minimum Gasteiger partial charge on any atom is -0.493 e. The summed E-state index contributed by atoms with van der Waals surface area (Å²) in [4.78, 5) is 25.6. The molecule has 6 nitrogen and oxygen atoms in total. The maximum Gasteiger partial charge on any atom is 0.260 e. The van der Waals surface area contributed by atoms with Crippen LogP contribution in [0.1, 0.15) is 32.3 Å². The standard InChI is InChI=1S/C19H26N2O4/c1-4-5-14-7-9-16(17(10-14)24-3)25-12-18(22)21-11-15(19(20)23)8-6-13(21)2/h4-5,7,9-10,13,15H,6,8,11-12H2,1-3H3,(H2,20,23). The zero-order valence-corrected chi connectivity index (χ0v) is 15.0. The lowest BCUT2D eigenvalue weighted by atomic mass is 9.93. The van der Waals surface area contributed by atoms with Gasteiger partial charge in [0, 0.05) is 12.6 Å². The predicted molar refractivity (Wildman–Crippen MR) is 96.3 cm³/mol. The van der Waals surface area contributed by atoms with Crippen molar-refractivity contribution in [3.05, 3.63) is 29.8 Å². The van der Waals surface area contributed by atoms with Gasteiger partial charge in [-0.05, 0) is 44.4 Å². The van der Waals surface area contributed by atoms with Crippen molar-refractivity contribution in [3.63, 3.8) is 0 Å². The Morgan fingerprint density at radius 3 is 2.72 bits per heavy atom. The monoisotopic (exact) mass is 346 g/mol. The molecule has 0 aromatic heterocycles. The summed E-state index contributed by atoms with van der Waals surface area (Å²) in [5, 5.41) is 0. The number of hydrogen-bond donors (Lipinski definition) is 1. The van der Waals surface area contributed by atoms with E-state index in [1.807, 2.05) is 38.1 Å². The number of nitrogens with two attached hydrogens (primary N) is 1. The maximum atomic E-state index is 12.5. The molecule has 136 valence electrons. The van der Waals surface area contributed by atoms with E-state index in [0.29, 0.717) is 18.0 Å². The third kappa shape index (κ3) is 4.75. The van der Waals surface area contributed by atoms with E-state index < -0.39 is 0 Å². The second-order valence-electron chi connectivity index (χ2n) is 6.27. The van der Waals surface area contributed by atoms with E-state index in [9.17, 15) is 9.59 Å². The first kappa shape index (κ1) is 18.8. The Kier molecular flexibility index (Phi) is 6.44. The highest BCUT2D eigenvalue weighted by Crippen LogP contribution is 2.29. The number of rotatable bonds is 6. The van der Waals surface area contributed by atoms with Gasteiger partial charge in [0.25, 0.3) is 5.91 Å². The van der Waals surface area contributed by atoms with Crippen molar-refractivity contribution in [2.24, 2.45) is 11.7 Å². The fourth-order valence-electron chi connectivity index (χ4n) is 3.01.